The predicted molar refractivity (Wildman–Crippen MR) is 43.8 cm³/mol. The van der Waals surface area contributed by atoms with Crippen LogP contribution in [0.1, 0.15) is 19.8 Å². The molecule has 0 bridgehead atoms. The Kier molecular flexibility index (Phi) is 2.52. The molecular formula is C7H13N3O2. The van der Waals surface area contributed by atoms with Gasteiger partial charge in [-0.1, -0.05) is 5.16 Å². The van der Waals surface area contributed by atoms with Crippen molar-refractivity contribution in [1.82, 2.24) is 4.90 Å². The molecule has 12 heavy (non-hydrogen) atoms. The van der Waals surface area contributed by atoms with Gasteiger partial charge >= 0.3 is 0 Å². The van der Waals surface area contributed by atoms with E-state index >= 15 is 0 Å². The van der Waals surface area contributed by atoms with Crippen molar-refractivity contribution in [2.24, 2.45) is 10.9 Å². The monoisotopic (exact) mass is 171 g/mol. The second-order valence-electron chi connectivity index (χ2n) is 2.90. The van der Waals surface area contributed by atoms with Gasteiger partial charge in [0.15, 0.2) is 5.84 Å². The Balaban J connectivity index is 2.70. The molecule has 0 aromatic heterocycles. The van der Waals surface area contributed by atoms with Crippen LogP contribution in [0.5, 0.6) is 0 Å². The van der Waals surface area contributed by atoms with Crippen LogP contribution in [-0.4, -0.2) is 34.4 Å². The highest BCUT2D eigenvalue weighted by Gasteiger charge is 2.29. The molecule has 0 spiro atoms. The van der Waals surface area contributed by atoms with Gasteiger partial charge in [0, 0.05) is 13.5 Å². The second-order valence-corrected chi connectivity index (χ2v) is 2.90. The summed E-state index contributed by atoms with van der Waals surface area (Å²) in [5.41, 5.74) is 5.41. The zero-order valence-corrected chi connectivity index (χ0v) is 7.03. The van der Waals surface area contributed by atoms with Gasteiger partial charge in [-0.2, -0.15) is 0 Å². The van der Waals surface area contributed by atoms with Crippen molar-refractivity contribution in [2.75, 3.05) is 6.54 Å². The minimum atomic E-state index is -0.201. The Morgan fingerprint density at radius 2 is 2.42 bits per heavy atom. The van der Waals surface area contributed by atoms with Crippen molar-refractivity contribution in [3.05, 3.63) is 0 Å². The van der Waals surface area contributed by atoms with Gasteiger partial charge in [0.25, 0.3) is 0 Å². The van der Waals surface area contributed by atoms with Crippen molar-refractivity contribution in [2.45, 2.75) is 25.8 Å². The number of likely N-dealkylation sites (tertiary alicyclic amines) is 1. The molecule has 0 aromatic carbocycles. The van der Waals surface area contributed by atoms with Crippen molar-refractivity contribution >= 4 is 11.7 Å². The maximum absolute atomic E-state index is 11.0. The van der Waals surface area contributed by atoms with E-state index in [0.29, 0.717) is 6.54 Å². The molecule has 0 saturated carbocycles. The number of nitrogens with two attached hydrogens (primary N) is 1. The number of carbonyl (C=O) groups is 1. The van der Waals surface area contributed by atoms with Gasteiger partial charge in [-0.3, -0.25) is 4.79 Å². The van der Waals surface area contributed by atoms with E-state index in [-0.39, 0.29) is 17.8 Å². The lowest BCUT2D eigenvalue weighted by Crippen LogP contribution is -2.42. The highest BCUT2D eigenvalue weighted by molar-refractivity contribution is 5.89. The number of amides is 1. The molecule has 0 radical (unpaired) electrons. The van der Waals surface area contributed by atoms with Gasteiger partial charge in [-0.15, -0.1) is 0 Å². The van der Waals surface area contributed by atoms with Crippen LogP contribution < -0.4 is 5.73 Å². The minimum Gasteiger partial charge on any atom is -0.409 e. The fourth-order valence-corrected chi connectivity index (χ4v) is 1.52. The summed E-state index contributed by atoms with van der Waals surface area (Å²) in [4.78, 5) is 12.6. The van der Waals surface area contributed by atoms with Gasteiger partial charge in [0.05, 0.1) is 6.04 Å². The van der Waals surface area contributed by atoms with Crippen LogP contribution in [0.3, 0.4) is 0 Å². The SMILES string of the molecule is CC(=O)N1CCCC1C(N)=NO. The maximum atomic E-state index is 11.0. The first-order valence-corrected chi connectivity index (χ1v) is 3.91. The quantitative estimate of drug-likeness (QED) is 0.247. The highest BCUT2D eigenvalue weighted by atomic mass is 16.4. The fraction of sp³-hybridized carbons (Fsp3) is 0.714. The summed E-state index contributed by atoms with van der Waals surface area (Å²) >= 11 is 0. The first-order valence-electron chi connectivity index (χ1n) is 3.91. The standard InChI is InChI=1S/C7H13N3O2/c1-5(11)10-4-2-3-6(10)7(8)9-12/h6,12H,2-4H2,1H3,(H2,8,9). The van der Waals surface area contributed by atoms with Gasteiger partial charge < -0.3 is 15.8 Å². The summed E-state index contributed by atoms with van der Waals surface area (Å²) in [6.07, 6.45) is 1.70. The lowest BCUT2D eigenvalue weighted by Gasteiger charge is -2.21. The van der Waals surface area contributed by atoms with E-state index in [2.05, 4.69) is 5.16 Å². The molecule has 1 aliphatic rings. The molecule has 0 aromatic rings. The molecule has 1 atom stereocenters. The van der Waals surface area contributed by atoms with Gasteiger partial charge in [-0.25, -0.2) is 0 Å². The topological polar surface area (TPSA) is 78.9 Å². The van der Waals surface area contributed by atoms with Crippen LogP contribution in [0.15, 0.2) is 5.16 Å². The Bertz CT molecular complexity index is 215. The molecule has 1 saturated heterocycles. The van der Waals surface area contributed by atoms with Crippen LogP contribution in [0.4, 0.5) is 0 Å². The van der Waals surface area contributed by atoms with Crippen LogP contribution in [-0.2, 0) is 4.79 Å². The maximum Gasteiger partial charge on any atom is 0.220 e. The third kappa shape index (κ3) is 1.49. The molecule has 1 aliphatic heterocycles. The summed E-state index contributed by atoms with van der Waals surface area (Å²) in [5, 5.41) is 11.3. The molecule has 5 nitrogen and oxygen atoms in total. The Morgan fingerprint density at radius 1 is 1.75 bits per heavy atom. The molecule has 0 aliphatic carbocycles. The molecular weight excluding hydrogens is 158 g/mol. The van der Waals surface area contributed by atoms with E-state index in [1.165, 1.54) is 6.92 Å². The third-order valence-corrected chi connectivity index (χ3v) is 2.11. The van der Waals surface area contributed by atoms with Crippen molar-refractivity contribution < 1.29 is 10.0 Å². The number of nitrogens with zero attached hydrogens (tertiary/aromatic N) is 2. The molecule has 1 amide bonds. The van der Waals surface area contributed by atoms with E-state index < -0.39 is 0 Å². The van der Waals surface area contributed by atoms with E-state index in [0.717, 1.165) is 12.8 Å². The number of oxime groups is 1. The van der Waals surface area contributed by atoms with Gasteiger partial charge in [0.2, 0.25) is 5.91 Å². The fourth-order valence-electron chi connectivity index (χ4n) is 1.52. The Morgan fingerprint density at radius 3 is 2.92 bits per heavy atom. The first-order chi connectivity index (χ1) is 5.66. The molecule has 1 rings (SSSR count). The summed E-state index contributed by atoms with van der Waals surface area (Å²) in [7, 11) is 0. The zero-order valence-electron chi connectivity index (χ0n) is 7.03. The second kappa shape index (κ2) is 3.42. The number of amidine groups is 1. The normalized spacial score (nSPS) is 24.6. The van der Waals surface area contributed by atoms with E-state index in [9.17, 15) is 4.79 Å². The summed E-state index contributed by atoms with van der Waals surface area (Å²) in [5.74, 6) is 0.104. The average molecular weight is 171 g/mol. The van der Waals surface area contributed by atoms with E-state index in [1.807, 2.05) is 0 Å². The molecule has 5 heteroatoms. The molecule has 68 valence electrons. The third-order valence-electron chi connectivity index (χ3n) is 2.11. The average Bonchev–Trinajstić information content (AvgIpc) is 2.50. The predicted octanol–water partition coefficient (Wildman–Crippen LogP) is -0.256. The minimum absolute atomic E-state index is 0.0240. The number of carbonyl (C=O) groups excluding carboxylic acids is 1. The van der Waals surface area contributed by atoms with Crippen molar-refractivity contribution in [3.63, 3.8) is 0 Å². The summed E-state index contributed by atoms with van der Waals surface area (Å²) in [6, 6.07) is -0.201. The summed E-state index contributed by atoms with van der Waals surface area (Å²) in [6.45, 7) is 2.19. The lowest BCUT2D eigenvalue weighted by molar-refractivity contribution is -0.128. The number of rotatable bonds is 1. The zero-order chi connectivity index (χ0) is 9.14. The van der Waals surface area contributed by atoms with Crippen LogP contribution in [0.2, 0.25) is 0 Å². The number of hydrogen-bond donors (Lipinski definition) is 2. The molecule has 1 unspecified atom stereocenters. The Labute approximate surface area is 70.8 Å². The Hall–Kier alpha value is -1.26. The molecule has 1 fully saturated rings. The first kappa shape index (κ1) is 8.83. The van der Waals surface area contributed by atoms with Crippen molar-refractivity contribution in [3.8, 4) is 0 Å². The largest absolute Gasteiger partial charge is 0.409 e. The van der Waals surface area contributed by atoms with Gasteiger partial charge in [-0.05, 0) is 12.8 Å². The van der Waals surface area contributed by atoms with Crippen LogP contribution in [0, 0.1) is 0 Å². The van der Waals surface area contributed by atoms with Crippen molar-refractivity contribution in [1.29, 1.82) is 0 Å². The number of hydrogen-bond acceptors (Lipinski definition) is 3. The molecule has 1 heterocycles. The van der Waals surface area contributed by atoms with Gasteiger partial charge in [0.1, 0.15) is 0 Å². The van der Waals surface area contributed by atoms with Crippen LogP contribution >= 0.6 is 0 Å². The van der Waals surface area contributed by atoms with E-state index in [1.54, 1.807) is 4.90 Å². The summed E-state index contributed by atoms with van der Waals surface area (Å²) < 4.78 is 0. The van der Waals surface area contributed by atoms with Crippen LogP contribution in [0.25, 0.3) is 0 Å². The molecule has 3 N–H and O–H groups in total. The lowest BCUT2D eigenvalue weighted by atomic mass is 10.2. The smallest absolute Gasteiger partial charge is 0.220 e. The highest BCUT2D eigenvalue weighted by Crippen LogP contribution is 2.16. The van der Waals surface area contributed by atoms with E-state index in [4.69, 9.17) is 10.9 Å².